The standard InChI is InChI=1S/C9H18N2O3S2/c1-9(2-5-16(13,14)7-9)11-8(12)6-15-4-3-10/h2-7,10H2,1H3,(H,11,12). The molecular formula is C9H18N2O3S2. The minimum atomic E-state index is -2.97. The van der Waals surface area contributed by atoms with Gasteiger partial charge in [-0.25, -0.2) is 8.42 Å². The summed E-state index contributed by atoms with van der Waals surface area (Å²) in [6.45, 7) is 2.33. The Morgan fingerprint density at radius 2 is 2.25 bits per heavy atom. The molecule has 0 bridgehead atoms. The molecule has 94 valence electrons. The lowest BCUT2D eigenvalue weighted by molar-refractivity contribution is -0.120. The monoisotopic (exact) mass is 266 g/mol. The molecule has 1 saturated heterocycles. The number of amides is 1. The number of hydrogen-bond acceptors (Lipinski definition) is 5. The van der Waals surface area contributed by atoms with Gasteiger partial charge < -0.3 is 11.1 Å². The summed E-state index contributed by atoms with van der Waals surface area (Å²) in [7, 11) is -2.97. The molecule has 1 amide bonds. The van der Waals surface area contributed by atoms with Crippen molar-refractivity contribution in [1.82, 2.24) is 5.32 Å². The molecule has 1 heterocycles. The molecule has 16 heavy (non-hydrogen) atoms. The van der Waals surface area contributed by atoms with Crippen molar-refractivity contribution in [3.63, 3.8) is 0 Å². The van der Waals surface area contributed by atoms with Crippen molar-refractivity contribution in [1.29, 1.82) is 0 Å². The number of nitrogens with two attached hydrogens (primary N) is 1. The average Bonchev–Trinajstić information content (AvgIpc) is 2.40. The lowest BCUT2D eigenvalue weighted by atomic mass is 10.0. The largest absolute Gasteiger partial charge is 0.349 e. The van der Waals surface area contributed by atoms with Crippen molar-refractivity contribution in [2.75, 3.05) is 29.6 Å². The van der Waals surface area contributed by atoms with E-state index in [0.717, 1.165) is 5.75 Å². The van der Waals surface area contributed by atoms with Crippen molar-refractivity contribution in [3.8, 4) is 0 Å². The first-order valence-electron chi connectivity index (χ1n) is 5.16. The van der Waals surface area contributed by atoms with Crippen LogP contribution in [0.5, 0.6) is 0 Å². The molecule has 1 rings (SSSR count). The van der Waals surface area contributed by atoms with Gasteiger partial charge in [-0.2, -0.15) is 11.8 Å². The minimum absolute atomic E-state index is 0.0489. The van der Waals surface area contributed by atoms with Crippen LogP contribution in [0.15, 0.2) is 0 Å². The van der Waals surface area contributed by atoms with E-state index in [4.69, 9.17) is 5.73 Å². The van der Waals surface area contributed by atoms with Crippen LogP contribution in [0.3, 0.4) is 0 Å². The zero-order valence-electron chi connectivity index (χ0n) is 9.36. The van der Waals surface area contributed by atoms with E-state index < -0.39 is 15.4 Å². The predicted octanol–water partition coefficient (Wildman–Crippen LogP) is -0.628. The zero-order chi connectivity index (χ0) is 12.2. The van der Waals surface area contributed by atoms with Crippen LogP contribution < -0.4 is 11.1 Å². The molecular weight excluding hydrogens is 248 g/mol. The Morgan fingerprint density at radius 3 is 2.75 bits per heavy atom. The van der Waals surface area contributed by atoms with E-state index in [1.54, 1.807) is 6.92 Å². The molecule has 1 aliphatic rings. The van der Waals surface area contributed by atoms with Crippen molar-refractivity contribution in [2.24, 2.45) is 5.73 Å². The van der Waals surface area contributed by atoms with Gasteiger partial charge in [0.2, 0.25) is 5.91 Å². The van der Waals surface area contributed by atoms with E-state index in [0.29, 0.717) is 18.7 Å². The lowest BCUT2D eigenvalue weighted by Gasteiger charge is -2.23. The van der Waals surface area contributed by atoms with Gasteiger partial charge in [-0.15, -0.1) is 0 Å². The summed E-state index contributed by atoms with van der Waals surface area (Å²) in [4.78, 5) is 11.5. The van der Waals surface area contributed by atoms with E-state index in [1.807, 2.05) is 0 Å². The average molecular weight is 266 g/mol. The summed E-state index contributed by atoms with van der Waals surface area (Å²) in [5, 5.41) is 2.79. The number of carbonyl (C=O) groups excluding carboxylic acids is 1. The van der Waals surface area contributed by atoms with E-state index >= 15 is 0 Å². The number of nitrogens with one attached hydrogen (secondary N) is 1. The van der Waals surface area contributed by atoms with Gasteiger partial charge in [0.05, 0.1) is 22.8 Å². The Balaban J connectivity index is 2.39. The molecule has 0 aromatic heterocycles. The topological polar surface area (TPSA) is 89.3 Å². The summed E-state index contributed by atoms with van der Waals surface area (Å²) in [5.74, 6) is 1.18. The highest BCUT2D eigenvalue weighted by atomic mass is 32.2. The second-order valence-electron chi connectivity index (χ2n) is 4.29. The maximum Gasteiger partial charge on any atom is 0.230 e. The minimum Gasteiger partial charge on any atom is -0.349 e. The lowest BCUT2D eigenvalue weighted by Crippen LogP contribution is -2.47. The molecule has 0 spiro atoms. The molecule has 3 N–H and O–H groups in total. The highest BCUT2D eigenvalue weighted by Gasteiger charge is 2.39. The number of thioether (sulfide) groups is 1. The maximum atomic E-state index is 11.5. The van der Waals surface area contributed by atoms with Crippen LogP contribution in [0.4, 0.5) is 0 Å². The summed E-state index contributed by atoms with van der Waals surface area (Å²) < 4.78 is 22.6. The first-order chi connectivity index (χ1) is 7.37. The van der Waals surface area contributed by atoms with Crippen LogP contribution in [0.2, 0.25) is 0 Å². The molecule has 0 radical (unpaired) electrons. The second-order valence-corrected chi connectivity index (χ2v) is 7.58. The van der Waals surface area contributed by atoms with Crippen LogP contribution in [-0.2, 0) is 14.6 Å². The quantitative estimate of drug-likeness (QED) is 0.647. The number of sulfone groups is 1. The number of carbonyl (C=O) groups is 1. The molecule has 5 nitrogen and oxygen atoms in total. The second kappa shape index (κ2) is 5.37. The van der Waals surface area contributed by atoms with E-state index in [1.165, 1.54) is 11.8 Å². The first-order valence-corrected chi connectivity index (χ1v) is 8.14. The fourth-order valence-corrected chi connectivity index (χ4v) is 4.39. The highest BCUT2D eigenvalue weighted by Crippen LogP contribution is 2.22. The molecule has 0 aliphatic carbocycles. The fraction of sp³-hybridized carbons (Fsp3) is 0.889. The predicted molar refractivity (Wildman–Crippen MR) is 66.2 cm³/mol. The third kappa shape index (κ3) is 4.31. The van der Waals surface area contributed by atoms with Gasteiger partial charge in [-0.1, -0.05) is 0 Å². The van der Waals surface area contributed by atoms with Crippen LogP contribution in [-0.4, -0.2) is 49.4 Å². The van der Waals surface area contributed by atoms with Gasteiger partial charge in [0.25, 0.3) is 0 Å². The summed E-state index contributed by atoms with van der Waals surface area (Å²) in [6, 6.07) is 0. The van der Waals surface area contributed by atoms with E-state index in [2.05, 4.69) is 5.32 Å². The molecule has 1 aliphatic heterocycles. The first kappa shape index (κ1) is 13.8. The highest BCUT2D eigenvalue weighted by molar-refractivity contribution is 7.99. The summed E-state index contributed by atoms with van der Waals surface area (Å²) in [6.07, 6.45) is 0.503. The molecule has 0 aromatic carbocycles. The maximum absolute atomic E-state index is 11.5. The Labute approximate surface area is 100 Å². The Hall–Kier alpha value is -0.270. The van der Waals surface area contributed by atoms with Gasteiger partial charge in [0.1, 0.15) is 0 Å². The molecule has 1 atom stereocenters. The third-order valence-electron chi connectivity index (χ3n) is 2.44. The van der Waals surface area contributed by atoms with Gasteiger partial charge >= 0.3 is 0 Å². The van der Waals surface area contributed by atoms with E-state index in [9.17, 15) is 13.2 Å². The SMILES string of the molecule is CC1(NC(=O)CSCCN)CCS(=O)(=O)C1. The number of hydrogen-bond donors (Lipinski definition) is 2. The smallest absolute Gasteiger partial charge is 0.230 e. The molecule has 7 heteroatoms. The van der Waals surface area contributed by atoms with Gasteiger partial charge in [0, 0.05) is 12.3 Å². The zero-order valence-corrected chi connectivity index (χ0v) is 11.0. The third-order valence-corrected chi connectivity index (χ3v) is 5.33. The van der Waals surface area contributed by atoms with Crippen molar-refractivity contribution in [3.05, 3.63) is 0 Å². The Bertz CT molecular complexity index is 356. The van der Waals surface area contributed by atoms with E-state index in [-0.39, 0.29) is 17.4 Å². The van der Waals surface area contributed by atoms with Crippen LogP contribution in [0.1, 0.15) is 13.3 Å². The molecule has 0 saturated carbocycles. The van der Waals surface area contributed by atoms with Crippen molar-refractivity contribution in [2.45, 2.75) is 18.9 Å². The van der Waals surface area contributed by atoms with Crippen LogP contribution in [0.25, 0.3) is 0 Å². The van der Waals surface area contributed by atoms with Crippen molar-refractivity contribution >= 4 is 27.5 Å². The number of rotatable bonds is 5. The van der Waals surface area contributed by atoms with Crippen molar-refractivity contribution < 1.29 is 13.2 Å². The Morgan fingerprint density at radius 1 is 1.56 bits per heavy atom. The summed E-state index contributed by atoms with van der Waals surface area (Å²) in [5.41, 5.74) is 4.72. The van der Waals surface area contributed by atoms with Crippen LogP contribution >= 0.6 is 11.8 Å². The van der Waals surface area contributed by atoms with Gasteiger partial charge in [-0.3, -0.25) is 4.79 Å². The fourth-order valence-electron chi connectivity index (χ4n) is 1.73. The molecule has 1 unspecified atom stereocenters. The van der Waals surface area contributed by atoms with Gasteiger partial charge in [0.15, 0.2) is 9.84 Å². The van der Waals surface area contributed by atoms with Crippen LogP contribution in [0, 0.1) is 0 Å². The molecule has 0 aromatic rings. The Kier molecular flexibility index (Phi) is 4.63. The van der Waals surface area contributed by atoms with Gasteiger partial charge in [-0.05, 0) is 13.3 Å². The summed E-state index contributed by atoms with van der Waals surface area (Å²) >= 11 is 1.46. The normalized spacial score (nSPS) is 27.9. The molecule has 1 fully saturated rings.